The van der Waals surface area contributed by atoms with E-state index in [2.05, 4.69) is 5.32 Å². The number of ether oxygens (including phenoxy) is 1. The van der Waals surface area contributed by atoms with Crippen molar-refractivity contribution in [2.45, 2.75) is 25.9 Å². The van der Waals surface area contributed by atoms with Gasteiger partial charge in [0, 0.05) is 23.8 Å². The number of halogens is 1. The first-order valence-electron chi connectivity index (χ1n) is 9.10. The van der Waals surface area contributed by atoms with Crippen LogP contribution < -0.4 is 10.1 Å². The number of nitrogens with zero attached hydrogens (tertiary/aromatic N) is 1. The lowest BCUT2D eigenvalue weighted by atomic mass is 9.96. The van der Waals surface area contributed by atoms with E-state index in [4.69, 9.17) is 16.3 Å². The molecule has 1 saturated heterocycles. The van der Waals surface area contributed by atoms with Crippen LogP contribution in [0.3, 0.4) is 0 Å². The molecule has 1 fully saturated rings. The smallest absolute Gasteiger partial charge is 0.263 e. The number of rotatable bonds is 5. The van der Waals surface area contributed by atoms with Gasteiger partial charge in [-0.3, -0.25) is 9.59 Å². The van der Waals surface area contributed by atoms with Gasteiger partial charge in [0.2, 0.25) is 5.91 Å². The molecule has 2 atom stereocenters. The summed E-state index contributed by atoms with van der Waals surface area (Å²) < 4.78 is 5.73. The van der Waals surface area contributed by atoms with Crippen molar-refractivity contribution in [3.05, 3.63) is 59.6 Å². The number of carbonyl (C=O) groups excluding carboxylic acids is 2. The first kappa shape index (κ1) is 19.2. The lowest BCUT2D eigenvalue weighted by Crippen LogP contribution is -2.48. The Balaban J connectivity index is 1.57. The summed E-state index contributed by atoms with van der Waals surface area (Å²) >= 11 is 5.87. The Morgan fingerprint density at radius 2 is 1.85 bits per heavy atom. The summed E-state index contributed by atoms with van der Waals surface area (Å²) in [6, 6.07) is 16.3. The predicted molar refractivity (Wildman–Crippen MR) is 106 cm³/mol. The standard InChI is InChI=1S/C21H23ClN2O3/c1-15(27-19-11-9-17(22)10-12-19)21(26)24-13-5-6-16(14-24)20(25)23-18-7-3-2-4-8-18/h2-4,7-12,15-16H,5-6,13-14H2,1H3,(H,23,25)/t15-,16+/m1/s1. The van der Waals surface area contributed by atoms with E-state index >= 15 is 0 Å². The Morgan fingerprint density at radius 1 is 1.15 bits per heavy atom. The van der Waals surface area contributed by atoms with Crippen molar-refractivity contribution in [1.29, 1.82) is 0 Å². The van der Waals surface area contributed by atoms with Crippen LogP contribution in [-0.4, -0.2) is 35.9 Å². The van der Waals surface area contributed by atoms with Crippen LogP contribution in [0.4, 0.5) is 5.69 Å². The molecule has 2 aromatic carbocycles. The van der Waals surface area contributed by atoms with E-state index < -0.39 is 6.10 Å². The van der Waals surface area contributed by atoms with E-state index in [1.54, 1.807) is 36.1 Å². The minimum Gasteiger partial charge on any atom is -0.481 e. The number of para-hydroxylation sites is 1. The number of hydrogen-bond donors (Lipinski definition) is 1. The molecule has 1 heterocycles. The number of likely N-dealkylation sites (tertiary alicyclic amines) is 1. The molecule has 0 spiro atoms. The third-order valence-electron chi connectivity index (χ3n) is 4.62. The highest BCUT2D eigenvalue weighted by molar-refractivity contribution is 6.30. The molecule has 0 saturated carbocycles. The number of benzene rings is 2. The number of nitrogens with one attached hydrogen (secondary N) is 1. The van der Waals surface area contributed by atoms with Gasteiger partial charge < -0.3 is 15.0 Å². The number of piperidine rings is 1. The molecule has 1 N–H and O–H groups in total. The van der Waals surface area contributed by atoms with Crippen LogP contribution in [-0.2, 0) is 9.59 Å². The summed E-state index contributed by atoms with van der Waals surface area (Å²) in [5.74, 6) is 0.216. The van der Waals surface area contributed by atoms with Crippen molar-refractivity contribution in [2.24, 2.45) is 5.92 Å². The molecule has 6 heteroatoms. The normalized spacial score (nSPS) is 17.9. The Hall–Kier alpha value is -2.53. The van der Waals surface area contributed by atoms with Gasteiger partial charge in [0.05, 0.1) is 5.92 Å². The first-order valence-corrected chi connectivity index (χ1v) is 9.47. The molecular weight excluding hydrogens is 364 g/mol. The van der Waals surface area contributed by atoms with Crippen molar-refractivity contribution in [2.75, 3.05) is 18.4 Å². The van der Waals surface area contributed by atoms with Gasteiger partial charge >= 0.3 is 0 Å². The second-order valence-corrected chi connectivity index (χ2v) is 7.13. The summed E-state index contributed by atoms with van der Waals surface area (Å²) in [7, 11) is 0. The third-order valence-corrected chi connectivity index (χ3v) is 4.87. The van der Waals surface area contributed by atoms with E-state index in [1.165, 1.54) is 0 Å². The first-order chi connectivity index (χ1) is 13.0. The number of anilines is 1. The molecule has 0 aromatic heterocycles. The summed E-state index contributed by atoms with van der Waals surface area (Å²) in [5, 5.41) is 3.54. The Labute approximate surface area is 164 Å². The van der Waals surface area contributed by atoms with Crippen LogP contribution in [0.15, 0.2) is 54.6 Å². The van der Waals surface area contributed by atoms with Gasteiger partial charge in [0.15, 0.2) is 6.10 Å². The quantitative estimate of drug-likeness (QED) is 0.845. The summed E-state index contributed by atoms with van der Waals surface area (Å²) in [4.78, 5) is 27.0. The van der Waals surface area contributed by atoms with Gasteiger partial charge in [-0.2, -0.15) is 0 Å². The van der Waals surface area contributed by atoms with Crippen LogP contribution >= 0.6 is 11.6 Å². The molecule has 0 bridgehead atoms. The minimum absolute atomic E-state index is 0.0510. The lowest BCUT2D eigenvalue weighted by molar-refractivity contribution is -0.140. The minimum atomic E-state index is -0.623. The van der Waals surface area contributed by atoms with Gasteiger partial charge in [0.25, 0.3) is 5.91 Å². The van der Waals surface area contributed by atoms with Crippen LogP contribution in [0.5, 0.6) is 5.75 Å². The van der Waals surface area contributed by atoms with Crippen LogP contribution in [0.2, 0.25) is 5.02 Å². The van der Waals surface area contributed by atoms with Crippen LogP contribution in [0.25, 0.3) is 0 Å². The van der Waals surface area contributed by atoms with Crippen molar-refractivity contribution in [3.63, 3.8) is 0 Å². The molecule has 0 unspecified atom stereocenters. The van der Waals surface area contributed by atoms with Crippen molar-refractivity contribution < 1.29 is 14.3 Å². The lowest BCUT2D eigenvalue weighted by Gasteiger charge is -2.33. The van der Waals surface area contributed by atoms with E-state index in [0.29, 0.717) is 23.9 Å². The van der Waals surface area contributed by atoms with Gasteiger partial charge in [-0.05, 0) is 56.2 Å². The van der Waals surface area contributed by atoms with Crippen LogP contribution in [0, 0.1) is 5.92 Å². The average molecular weight is 387 g/mol. The zero-order chi connectivity index (χ0) is 19.2. The highest BCUT2D eigenvalue weighted by Crippen LogP contribution is 2.21. The molecular formula is C21H23ClN2O3. The maximum absolute atomic E-state index is 12.7. The Kier molecular flexibility index (Phi) is 6.35. The molecule has 27 heavy (non-hydrogen) atoms. The molecule has 2 amide bonds. The highest BCUT2D eigenvalue weighted by Gasteiger charge is 2.31. The van der Waals surface area contributed by atoms with Gasteiger partial charge in [-0.15, -0.1) is 0 Å². The summed E-state index contributed by atoms with van der Waals surface area (Å²) in [6.45, 7) is 2.78. The zero-order valence-electron chi connectivity index (χ0n) is 15.2. The molecule has 3 rings (SSSR count). The van der Waals surface area contributed by atoms with Gasteiger partial charge in [0.1, 0.15) is 5.75 Å². The molecule has 142 valence electrons. The van der Waals surface area contributed by atoms with Crippen molar-refractivity contribution in [1.82, 2.24) is 4.90 Å². The molecule has 0 aliphatic carbocycles. The van der Waals surface area contributed by atoms with E-state index in [-0.39, 0.29) is 17.7 Å². The van der Waals surface area contributed by atoms with Crippen molar-refractivity contribution >= 4 is 29.1 Å². The average Bonchev–Trinajstić information content (AvgIpc) is 2.70. The largest absolute Gasteiger partial charge is 0.481 e. The fourth-order valence-corrected chi connectivity index (χ4v) is 3.31. The monoisotopic (exact) mass is 386 g/mol. The summed E-state index contributed by atoms with van der Waals surface area (Å²) in [6.07, 6.45) is 0.948. The zero-order valence-corrected chi connectivity index (χ0v) is 16.0. The highest BCUT2D eigenvalue weighted by atomic mass is 35.5. The number of amides is 2. The maximum Gasteiger partial charge on any atom is 0.263 e. The fraction of sp³-hybridized carbons (Fsp3) is 0.333. The second kappa shape index (κ2) is 8.91. The van der Waals surface area contributed by atoms with Gasteiger partial charge in [-0.1, -0.05) is 29.8 Å². The van der Waals surface area contributed by atoms with Crippen molar-refractivity contribution in [3.8, 4) is 5.75 Å². The molecule has 5 nitrogen and oxygen atoms in total. The van der Waals surface area contributed by atoms with Crippen LogP contribution in [0.1, 0.15) is 19.8 Å². The van der Waals surface area contributed by atoms with E-state index in [1.807, 2.05) is 30.3 Å². The fourth-order valence-electron chi connectivity index (χ4n) is 3.18. The predicted octanol–water partition coefficient (Wildman–Crippen LogP) is 3.98. The van der Waals surface area contributed by atoms with E-state index in [0.717, 1.165) is 18.5 Å². The maximum atomic E-state index is 12.7. The number of hydrogen-bond acceptors (Lipinski definition) is 3. The molecule has 2 aromatic rings. The van der Waals surface area contributed by atoms with Gasteiger partial charge in [-0.25, -0.2) is 0 Å². The third kappa shape index (κ3) is 5.23. The van der Waals surface area contributed by atoms with E-state index in [9.17, 15) is 9.59 Å². The molecule has 1 aliphatic rings. The second-order valence-electron chi connectivity index (χ2n) is 6.69. The summed E-state index contributed by atoms with van der Waals surface area (Å²) in [5.41, 5.74) is 0.769. The molecule has 0 radical (unpaired) electrons. The topological polar surface area (TPSA) is 58.6 Å². The molecule has 1 aliphatic heterocycles. The Morgan fingerprint density at radius 3 is 2.56 bits per heavy atom. The SMILES string of the molecule is C[C@@H](Oc1ccc(Cl)cc1)C(=O)N1CCC[C@H](C(=O)Nc2ccccc2)C1. The Bertz CT molecular complexity index is 780. The number of carbonyl (C=O) groups is 2.